The number of carbonyl (C=O) groups is 1. The predicted molar refractivity (Wildman–Crippen MR) is 113 cm³/mol. The summed E-state index contributed by atoms with van der Waals surface area (Å²) >= 11 is 0.984. The third-order valence-corrected chi connectivity index (χ3v) is 7.74. The van der Waals surface area contributed by atoms with Crippen LogP contribution in [0.3, 0.4) is 0 Å². The quantitative estimate of drug-likeness (QED) is 0.513. The summed E-state index contributed by atoms with van der Waals surface area (Å²) in [5.74, 6) is -0.557. The molecular weight excluding hydrogens is 448 g/mol. The minimum Gasteiger partial charge on any atom is -0.465 e. The zero-order valence-corrected chi connectivity index (χ0v) is 19.0. The smallest absolute Gasteiger partial charge is 0.326 e. The lowest BCUT2D eigenvalue weighted by molar-refractivity contribution is -0.143. The molecule has 0 saturated carbocycles. The fraction of sp³-hybridized carbons (Fsp3) is 0.263. The van der Waals surface area contributed by atoms with Gasteiger partial charge in [0, 0.05) is 6.26 Å². The van der Waals surface area contributed by atoms with Gasteiger partial charge < -0.3 is 9.30 Å². The van der Waals surface area contributed by atoms with Gasteiger partial charge in [-0.05, 0) is 44.2 Å². The highest BCUT2D eigenvalue weighted by Gasteiger charge is 2.18. The number of thiazole rings is 1. The molecule has 11 heteroatoms. The third-order valence-electron chi connectivity index (χ3n) is 4.19. The van der Waals surface area contributed by atoms with Crippen LogP contribution in [0, 0.1) is 6.92 Å². The van der Waals surface area contributed by atoms with Gasteiger partial charge in [-0.2, -0.15) is 8.42 Å². The second-order valence-electron chi connectivity index (χ2n) is 6.56. The van der Waals surface area contributed by atoms with Gasteiger partial charge in [-0.15, -0.1) is 4.40 Å². The first-order valence-electron chi connectivity index (χ1n) is 8.88. The van der Waals surface area contributed by atoms with Gasteiger partial charge in [-0.3, -0.25) is 4.79 Å². The average Bonchev–Trinajstić information content (AvgIpc) is 2.97. The minimum atomic E-state index is -4.04. The summed E-state index contributed by atoms with van der Waals surface area (Å²) in [5.41, 5.74) is 1.39. The number of aryl methyl sites for hydroxylation is 1. The normalized spacial score (nSPS) is 13.0. The molecule has 0 spiro atoms. The first-order chi connectivity index (χ1) is 14.0. The molecule has 0 amide bonds. The molecule has 30 heavy (non-hydrogen) atoms. The van der Waals surface area contributed by atoms with E-state index < -0.39 is 25.8 Å². The molecule has 3 aromatic rings. The maximum Gasteiger partial charge on any atom is 0.326 e. The Kier molecular flexibility index (Phi) is 6.16. The predicted octanol–water partition coefficient (Wildman–Crippen LogP) is 2.27. The van der Waals surface area contributed by atoms with Gasteiger partial charge in [0.05, 0.1) is 26.6 Å². The van der Waals surface area contributed by atoms with E-state index >= 15 is 0 Å². The van der Waals surface area contributed by atoms with Gasteiger partial charge in [0.25, 0.3) is 10.0 Å². The van der Waals surface area contributed by atoms with E-state index in [-0.39, 0.29) is 27.7 Å². The lowest BCUT2D eigenvalue weighted by atomic mass is 10.2. The van der Waals surface area contributed by atoms with E-state index in [1.165, 1.54) is 34.9 Å². The Morgan fingerprint density at radius 1 is 1.07 bits per heavy atom. The number of benzene rings is 2. The van der Waals surface area contributed by atoms with Crippen LogP contribution in [-0.4, -0.2) is 40.2 Å². The van der Waals surface area contributed by atoms with Gasteiger partial charge in [-0.25, -0.2) is 8.42 Å². The van der Waals surface area contributed by atoms with Crippen LogP contribution in [0.2, 0.25) is 0 Å². The van der Waals surface area contributed by atoms with Gasteiger partial charge in [0.1, 0.15) is 6.54 Å². The third kappa shape index (κ3) is 4.79. The van der Waals surface area contributed by atoms with Crippen molar-refractivity contribution in [2.45, 2.75) is 30.2 Å². The molecule has 3 rings (SSSR count). The second kappa shape index (κ2) is 8.32. The summed E-state index contributed by atoms with van der Waals surface area (Å²) in [6.07, 6.45) is 1.08. The number of fused-ring (bicyclic) bond motifs is 1. The molecule has 0 fully saturated rings. The van der Waals surface area contributed by atoms with Crippen LogP contribution >= 0.6 is 11.3 Å². The molecule has 8 nitrogen and oxygen atoms in total. The molecule has 0 N–H and O–H groups in total. The number of rotatable bonds is 6. The van der Waals surface area contributed by atoms with Crippen molar-refractivity contribution >= 4 is 47.4 Å². The molecule has 0 saturated heterocycles. The molecule has 0 radical (unpaired) electrons. The van der Waals surface area contributed by atoms with Crippen LogP contribution in [0.25, 0.3) is 10.2 Å². The van der Waals surface area contributed by atoms with E-state index in [4.69, 9.17) is 4.74 Å². The first kappa shape index (κ1) is 22.2. The van der Waals surface area contributed by atoms with Crippen molar-refractivity contribution in [3.8, 4) is 0 Å². The number of esters is 1. The summed E-state index contributed by atoms with van der Waals surface area (Å²) in [4.78, 5) is 12.2. The van der Waals surface area contributed by atoms with Crippen LogP contribution in [0.5, 0.6) is 0 Å². The summed E-state index contributed by atoms with van der Waals surface area (Å²) in [7, 11) is -7.50. The van der Waals surface area contributed by atoms with Gasteiger partial charge in [0.15, 0.2) is 9.84 Å². The number of sulfonamides is 1. The molecule has 1 aromatic heterocycles. The highest BCUT2D eigenvalue weighted by atomic mass is 32.2. The maximum atomic E-state index is 12.8. The molecule has 2 aromatic carbocycles. The molecule has 1 heterocycles. The summed E-state index contributed by atoms with van der Waals surface area (Å²) in [6, 6.07) is 10.6. The largest absolute Gasteiger partial charge is 0.465 e. The highest BCUT2D eigenvalue weighted by molar-refractivity contribution is 7.90. The van der Waals surface area contributed by atoms with Gasteiger partial charge in [0.2, 0.25) is 4.80 Å². The van der Waals surface area contributed by atoms with E-state index in [9.17, 15) is 21.6 Å². The molecule has 0 atom stereocenters. The molecule has 0 aliphatic heterocycles. The zero-order valence-electron chi connectivity index (χ0n) is 16.5. The number of ether oxygens (including phenoxy) is 1. The molecule has 160 valence electrons. The van der Waals surface area contributed by atoms with Crippen molar-refractivity contribution in [1.29, 1.82) is 0 Å². The van der Waals surface area contributed by atoms with Crippen LogP contribution < -0.4 is 4.80 Å². The number of aromatic nitrogens is 1. The number of hydrogen-bond acceptors (Lipinski definition) is 7. The average molecular weight is 469 g/mol. The van der Waals surface area contributed by atoms with E-state index in [2.05, 4.69) is 4.40 Å². The van der Waals surface area contributed by atoms with Crippen molar-refractivity contribution in [2.24, 2.45) is 4.40 Å². The van der Waals surface area contributed by atoms with Crippen LogP contribution in [0.1, 0.15) is 12.5 Å². The van der Waals surface area contributed by atoms with Crippen LogP contribution in [-0.2, 0) is 35.9 Å². The minimum absolute atomic E-state index is 0.0186. The zero-order chi connectivity index (χ0) is 22.1. The maximum absolute atomic E-state index is 12.8. The van der Waals surface area contributed by atoms with Crippen LogP contribution in [0.4, 0.5) is 0 Å². The Morgan fingerprint density at radius 3 is 2.30 bits per heavy atom. The lowest BCUT2D eigenvalue weighted by Gasteiger charge is -2.06. The monoisotopic (exact) mass is 468 g/mol. The summed E-state index contributed by atoms with van der Waals surface area (Å²) in [6.45, 7) is 3.42. The number of carbonyl (C=O) groups excluding carboxylic acids is 1. The number of sulfone groups is 1. The van der Waals surface area contributed by atoms with Gasteiger partial charge >= 0.3 is 5.97 Å². The lowest BCUT2D eigenvalue weighted by Crippen LogP contribution is -2.23. The molecule has 0 unspecified atom stereocenters. The van der Waals surface area contributed by atoms with E-state index in [0.29, 0.717) is 10.2 Å². The Hall–Kier alpha value is -2.50. The first-order valence-corrected chi connectivity index (χ1v) is 13.0. The Labute approximate surface area is 178 Å². The van der Waals surface area contributed by atoms with Crippen molar-refractivity contribution in [3.05, 3.63) is 52.8 Å². The van der Waals surface area contributed by atoms with Gasteiger partial charge in [-0.1, -0.05) is 29.0 Å². The standard InChI is InChI=1S/C19H20N2O6S3/c1-4-27-18(22)12-21-16-10-9-15(29(3,23)24)11-17(16)28-19(21)20-30(25,26)14-7-5-13(2)6-8-14/h5-11H,4,12H2,1-3H3/b20-19-. The summed E-state index contributed by atoms with van der Waals surface area (Å²) < 4.78 is 60.2. The molecule has 0 aliphatic rings. The van der Waals surface area contributed by atoms with E-state index in [1.54, 1.807) is 19.1 Å². The van der Waals surface area contributed by atoms with E-state index in [1.807, 2.05) is 6.92 Å². The van der Waals surface area contributed by atoms with E-state index in [0.717, 1.165) is 23.2 Å². The Morgan fingerprint density at radius 2 is 1.70 bits per heavy atom. The second-order valence-corrected chi connectivity index (χ2v) is 11.2. The van der Waals surface area contributed by atoms with Crippen molar-refractivity contribution in [1.82, 2.24) is 4.57 Å². The topological polar surface area (TPSA) is 112 Å². The fourth-order valence-electron chi connectivity index (χ4n) is 2.71. The van der Waals surface area contributed by atoms with Crippen LogP contribution in [0.15, 0.2) is 56.7 Å². The van der Waals surface area contributed by atoms with Crippen molar-refractivity contribution < 1.29 is 26.4 Å². The molecule has 0 aliphatic carbocycles. The Bertz CT molecular complexity index is 1380. The number of nitrogens with zero attached hydrogens (tertiary/aromatic N) is 2. The molecule has 0 bridgehead atoms. The fourth-order valence-corrected chi connectivity index (χ4v) is 5.70. The van der Waals surface area contributed by atoms with Crippen molar-refractivity contribution in [3.63, 3.8) is 0 Å². The number of hydrogen-bond donors (Lipinski definition) is 0. The SMILES string of the molecule is CCOC(=O)Cn1/c(=N/S(=O)(=O)c2ccc(C)cc2)sc2cc(S(C)(=O)=O)ccc21. The van der Waals surface area contributed by atoms with Crippen molar-refractivity contribution in [2.75, 3.05) is 12.9 Å². The highest BCUT2D eigenvalue weighted by Crippen LogP contribution is 2.23. The molecular formula is C19H20N2O6S3. The Balaban J connectivity index is 2.24. The summed E-state index contributed by atoms with van der Waals surface area (Å²) in [5, 5.41) is 0.